The standard InChI is InChI=1S/C7H6NS/c1-6-2-3-8-7(4-6)5-9/h2-4H,1H3. The van der Waals surface area contributed by atoms with Crippen molar-refractivity contribution < 1.29 is 0 Å². The molecule has 0 aromatic carbocycles. The van der Waals surface area contributed by atoms with Crippen LogP contribution < -0.4 is 0 Å². The Morgan fingerprint density at radius 2 is 2.44 bits per heavy atom. The van der Waals surface area contributed by atoms with Gasteiger partial charge in [0.1, 0.15) is 0 Å². The van der Waals surface area contributed by atoms with Gasteiger partial charge in [0.15, 0.2) is 0 Å². The highest BCUT2D eigenvalue weighted by atomic mass is 32.1. The maximum Gasteiger partial charge on any atom is 0.0836 e. The van der Waals surface area contributed by atoms with Crippen LogP contribution in [0.2, 0.25) is 0 Å². The summed E-state index contributed by atoms with van der Waals surface area (Å²) in [5, 5.41) is 2.54. The van der Waals surface area contributed by atoms with Crippen molar-refractivity contribution >= 4 is 17.6 Å². The highest BCUT2D eigenvalue weighted by Crippen LogP contribution is 1.96. The minimum atomic E-state index is 0.741. The Kier molecular flexibility index (Phi) is 1.90. The van der Waals surface area contributed by atoms with Crippen molar-refractivity contribution in [1.82, 2.24) is 4.98 Å². The van der Waals surface area contributed by atoms with Crippen molar-refractivity contribution in [3.05, 3.63) is 29.6 Å². The molecule has 0 spiro atoms. The number of aryl methyl sites for hydroxylation is 1. The number of nitrogens with zero attached hydrogens (tertiary/aromatic N) is 1. The van der Waals surface area contributed by atoms with Gasteiger partial charge in [0.25, 0.3) is 0 Å². The monoisotopic (exact) mass is 136 g/mol. The Morgan fingerprint density at radius 1 is 1.67 bits per heavy atom. The van der Waals surface area contributed by atoms with E-state index >= 15 is 0 Å². The van der Waals surface area contributed by atoms with Crippen LogP contribution in [-0.4, -0.2) is 10.4 Å². The Labute approximate surface area is 59.7 Å². The van der Waals surface area contributed by atoms with E-state index in [4.69, 9.17) is 0 Å². The zero-order chi connectivity index (χ0) is 6.69. The molecule has 0 unspecified atom stereocenters. The van der Waals surface area contributed by atoms with Gasteiger partial charge in [-0.3, -0.25) is 4.98 Å². The molecule has 1 aromatic rings. The quantitative estimate of drug-likeness (QED) is 0.544. The lowest BCUT2D eigenvalue weighted by atomic mass is 10.3. The van der Waals surface area contributed by atoms with Crippen LogP contribution in [0, 0.1) is 6.92 Å². The van der Waals surface area contributed by atoms with Crippen LogP contribution in [-0.2, 0) is 0 Å². The molecule has 0 aliphatic carbocycles. The first-order valence-electron chi connectivity index (χ1n) is 2.64. The highest BCUT2D eigenvalue weighted by molar-refractivity contribution is 7.79. The third-order valence-electron chi connectivity index (χ3n) is 1.02. The molecule has 1 aromatic heterocycles. The van der Waals surface area contributed by atoms with E-state index in [1.807, 2.05) is 19.1 Å². The molecule has 1 radical (unpaired) electrons. The summed E-state index contributed by atoms with van der Waals surface area (Å²) in [6.45, 7) is 2.00. The SMILES string of the molecule is Cc1ccnc([C]=S)c1. The molecule has 0 N–H and O–H groups in total. The van der Waals surface area contributed by atoms with Crippen molar-refractivity contribution in [2.75, 3.05) is 0 Å². The highest BCUT2D eigenvalue weighted by Gasteiger charge is 1.86. The maximum atomic E-state index is 4.57. The van der Waals surface area contributed by atoms with Gasteiger partial charge in [-0.1, -0.05) is 12.2 Å². The molecule has 0 fully saturated rings. The molecular weight excluding hydrogens is 130 g/mol. The van der Waals surface area contributed by atoms with E-state index in [1.54, 1.807) is 6.20 Å². The lowest BCUT2D eigenvalue weighted by Gasteiger charge is -1.89. The largest absolute Gasteiger partial charge is 0.255 e. The Hall–Kier alpha value is -0.760. The van der Waals surface area contributed by atoms with Crippen LogP contribution in [0.15, 0.2) is 18.3 Å². The van der Waals surface area contributed by atoms with Crippen molar-refractivity contribution in [2.24, 2.45) is 0 Å². The zero-order valence-corrected chi connectivity index (χ0v) is 5.90. The molecule has 9 heavy (non-hydrogen) atoms. The summed E-state index contributed by atoms with van der Waals surface area (Å²) in [6, 6.07) is 3.82. The topological polar surface area (TPSA) is 12.9 Å². The first-order chi connectivity index (χ1) is 4.33. The van der Waals surface area contributed by atoms with E-state index in [0.29, 0.717) is 0 Å². The minimum Gasteiger partial charge on any atom is -0.255 e. The predicted molar refractivity (Wildman–Crippen MR) is 40.7 cm³/mol. The maximum absolute atomic E-state index is 4.57. The second-order valence-electron chi connectivity index (χ2n) is 1.82. The third-order valence-corrected chi connectivity index (χ3v) is 1.23. The molecule has 2 heteroatoms. The molecule has 0 saturated heterocycles. The fourth-order valence-electron chi connectivity index (χ4n) is 0.592. The van der Waals surface area contributed by atoms with Gasteiger partial charge >= 0.3 is 0 Å². The molecule has 0 amide bonds. The van der Waals surface area contributed by atoms with Gasteiger partial charge in [-0.15, -0.1) is 0 Å². The van der Waals surface area contributed by atoms with Gasteiger partial charge in [0, 0.05) is 6.20 Å². The number of hydrogen-bond acceptors (Lipinski definition) is 2. The number of hydrogen-bond donors (Lipinski definition) is 0. The van der Waals surface area contributed by atoms with E-state index in [9.17, 15) is 0 Å². The summed E-state index contributed by atoms with van der Waals surface area (Å²) in [7, 11) is 0. The van der Waals surface area contributed by atoms with E-state index < -0.39 is 0 Å². The Morgan fingerprint density at radius 3 is 2.89 bits per heavy atom. The lowest BCUT2D eigenvalue weighted by Crippen LogP contribution is -1.83. The average Bonchev–Trinajstić information content (AvgIpc) is 1.88. The number of thiocarbonyl (C=S) groups is 1. The summed E-state index contributed by atoms with van der Waals surface area (Å²) in [6.07, 6.45) is 1.73. The van der Waals surface area contributed by atoms with Crippen LogP contribution in [0.4, 0.5) is 0 Å². The van der Waals surface area contributed by atoms with Crippen LogP contribution in [0.25, 0.3) is 0 Å². The van der Waals surface area contributed by atoms with E-state index in [0.717, 1.165) is 11.3 Å². The zero-order valence-electron chi connectivity index (χ0n) is 5.09. The van der Waals surface area contributed by atoms with Crippen molar-refractivity contribution in [3.63, 3.8) is 0 Å². The summed E-state index contributed by atoms with van der Waals surface area (Å²) >= 11 is 4.57. The van der Waals surface area contributed by atoms with Gasteiger partial charge in [-0.2, -0.15) is 0 Å². The van der Waals surface area contributed by atoms with Gasteiger partial charge in [0.2, 0.25) is 0 Å². The average molecular weight is 136 g/mol. The second kappa shape index (κ2) is 2.69. The summed E-state index contributed by atoms with van der Waals surface area (Å²) in [5.74, 6) is 0. The second-order valence-corrected chi connectivity index (χ2v) is 2.02. The van der Waals surface area contributed by atoms with E-state index in [-0.39, 0.29) is 0 Å². The number of aromatic nitrogens is 1. The molecule has 0 aliphatic rings. The van der Waals surface area contributed by atoms with E-state index in [2.05, 4.69) is 22.6 Å². The third kappa shape index (κ3) is 1.57. The summed E-state index contributed by atoms with van der Waals surface area (Å²) in [5.41, 5.74) is 1.90. The fraction of sp³-hybridized carbons (Fsp3) is 0.143. The van der Waals surface area contributed by atoms with E-state index in [1.165, 1.54) is 0 Å². The first-order valence-corrected chi connectivity index (χ1v) is 3.04. The van der Waals surface area contributed by atoms with Crippen molar-refractivity contribution in [2.45, 2.75) is 6.92 Å². The summed E-state index contributed by atoms with van der Waals surface area (Å²) in [4.78, 5) is 3.94. The minimum absolute atomic E-state index is 0.741. The van der Waals surface area contributed by atoms with Crippen molar-refractivity contribution in [3.8, 4) is 0 Å². The molecular formula is C7H6NS. The van der Waals surface area contributed by atoms with Crippen LogP contribution in [0.5, 0.6) is 0 Å². The first kappa shape index (κ1) is 6.36. The normalized spacial score (nSPS) is 9.00. The van der Waals surface area contributed by atoms with Crippen LogP contribution >= 0.6 is 12.2 Å². The Balaban J connectivity index is 3.07. The molecule has 0 bridgehead atoms. The van der Waals surface area contributed by atoms with Crippen LogP contribution in [0.3, 0.4) is 0 Å². The fourth-order valence-corrected chi connectivity index (χ4v) is 0.704. The molecule has 1 nitrogen and oxygen atoms in total. The predicted octanol–water partition coefficient (Wildman–Crippen LogP) is 1.61. The number of rotatable bonds is 1. The number of pyridine rings is 1. The van der Waals surface area contributed by atoms with Gasteiger partial charge in [-0.05, 0) is 24.6 Å². The van der Waals surface area contributed by atoms with Crippen LogP contribution in [0.1, 0.15) is 11.3 Å². The lowest BCUT2D eigenvalue weighted by molar-refractivity contribution is 1.27. The van der Waals surface area contributed by atoms with Gasteiger partial charge in [0.05, 0.1) is 11.1 Å². The smallest absolute Gasteiger partial charge is 0.0836 e. The van der Waals surface area contributed by atoms with Crippen molar-refractivity contribution in [1.29, 1.82) is 0 Å². The molecule has 0 aliphatic heterocycles. The molecule has 0 saturated carbocycles. The molecule has 1 rings (SSSR count). The molecule has 45 valence electrons. The molecule has 1 heterocycles. The van der Waals surface area contributed by atoms with Gasteiger partial charge in [-0.25, -0.2) is 0 Å². The Bertz CT molecular complexity index is 220. The van der Waals surface area contributed by atoms with Gasteiger partial charge < -0.3 is 0 Å². The molecule has 0 atom stereocenters. The summed E-state index contributed by atoms with van der Waals surface area (Å²) < 4.78 is 0.